The van der Waals surface area contributed by atoms with Gasteiger partial charge in [-0.2, -0.15) is 0 Å². The molecule has 1 saturated heterocycles. The van der Waals surface area contributed by atoms with Gasteiger partial charge < -0.3 is 20.3 Å². The molecule has 5 nitrogen and oxygen atoms in total. The van der Waals surface area contributed by atoms with E-state index in [0.717, 1.165) is 12.8 Å². The summed E-state index contributed by atoms with van der Waals surface area (Å²) in [4.78, 5) is 13.7. The molecule has 0 aliphatic carbocycles. The Hall–Kier alpha value is -1.82. The quantitative estimate of drug-likeness (QED) is 0.757. The normalized spacial score (nSPS) is 14.6. The number of ether oxygens (including phenoxy) is 1. The third kappa shape index (κ3) is 5.71. The first-order valence-corrected chi connectivity index (χ1v) is 8.38. The molecular formula is C17H26FN3O2. The summed E-state index contributed by atoms with van der Waals surface area (Å²) in [7, 11) is 0. The maximum absolute atomic E-state index is 14.2. The van der Waals surface area contributed by atoms with Crippen LogP contribution in [-0.2, 0) is 4.74 Å². The van der Waals surface area contributed by atoms with Gasteiger partial charge in [0.2, 0.25) is 0 Å². The summed E-state index contributed by atoms with van der Waals surface area (Å²) in [6, 6.07) is 4.50. The Bertz CT molecular complexity index is 505. The average molecular weight is 323 g/mol. The zero-order valence-corrected chi connectivity index (χ0v) is 13.7. The van der Waals surface area contributed by atoms with Gasteiger partial charge in [-0.25, -0.2) is 9.18 Å². The zero-order valence-electron chi connectivity index (χ0n) is 13.7. The zero-order chi connectivity index (χ0) is 16.5. The van der Waals surface area contributed by atoms with Crippen LogP contribution in [0.25, 0.3) is 0 Å². The smallest absolute Gasteiger partial charge is 0.319 e. The molecule has 1 aliphatic heterocycles. The highest BCUT2D eigenvalue weighted by atomic mass is 19.1. The molecule has 128 valence electrons. The number of urea groups is 1. The second-order valence-electron chi connectivity index (χ2n) is 5.71. The number of amides is 2. The van der Waals surface area contributed by atoms with E-state index in [-0.39, 0.29) is 11.8 Å². The number of nitrogens with zero attached hydrogens (tertiary/aromatic N) is 1. The third-order valence-corrected chi connectivity index (χ3v) is 3.87. The van der Waals surface area contributed by atoms with Crippen molar-refractivity contribution in [3.63, 3.8) is 0 Å². The summed E-state index contributed by atoms with van der Waals surface area (Å²) in [5.41, 5.74) is 1.02. The minimum atomic E-state index is -0.326. The van der Waals surface area contributed by atoms with Gasteiger partial charge in [0.25, 0.3) is 0 Å². The Morgan fingerprint density at radius 3 is 2.74 bits per heavy atom. The van der Waals surface area contributed by atoms with Crippen LogP contribution in [-0.4, -0.2) is 38.9 Å². The Balaban J connectivity index is 1.81. The van der Waals surface area contributed by atoms with Crippen LogP contribution in [0.3, 0.4) is 0 Å². The Morgan fingerprint density at radius 2 is 2.04 bits per heavy atom. The van der Waals surface area contributed by atoms with Crippen molar-refractivity contribution in [1.29, 1.82) is 0 Å². The average Bonchev–Trinajstić information content (AvgIpc) is 2.55. The van der Waals surface area contributed by atoms with E-state index in [1.54, 1.807) is 12.1 Å². The van der Waals surface area contributed by atoms with Crippen LogP contribution in [0.4, 0.5) is 20.6 Å². The molecule has 1 fully saturated rings. The summed E-state index contributed by atoms with van der Waals surface area (Å²) in [5.74, 6) is -0.326. The fourth-order valence-corrected chi connectivity index (χ4v) is 2.57. The summed E-state index contributed by atoms with van der Waals surface area (Å²) in [5, 5.41) is 5.46. The maximum Gasteiger partial charge on any atom is 0.319 e. The van der Waals surface area contributed by atoms with E-state index in [2.05, 4.69) is 17.6 Å². The van der Waals surface area contributed by atoms with Crippen LogP contribution in [0.1, 0.15) is 32.6 Å². The fraction of sp³-hybridized carbons (Fsp3) is 0.588. The van der Waals surface area contributed by atoms with Crippen LogP contribution in [0, 0.1) is 5.82 Å². The molecule has 1 aliphatic rings. The minimum Gasteiger partial charge on any atom is -0.378 e. The van der Waals surface area contributed by atoms with Crippen LogP contribution < -0.4 is 15.5 Å². The second kappa shape index (κ2) is 9.35. The summed E-state index contributed by atoms with van der Waals surface area (Å²) < 4.78 is 19.5. The number of rotatable bonds is 7. The summed E-state index contributed by atoms with van der Waals surface area (Å²) >= 11 is 0. The highest BCUT2D eigenvalue weighted by Crippen LogP contribution is 2.23. The lowest BCUT2D eigenvalue weighted by atomic mass is 10.2. The molecule has 2 rings (SSSR count). The van der Waals surface area contributed by atoms with Gasteiger partial charge >= 0.3 is 6.03 Å². The van der Waals surface area contributed by atoms with Crippen molar-refractivity contribution >= 4 is 17.4 Å². The monoisotopic (exact) mass is 323 g/mol. The number of hydrogen-bond acceptors (Lipinski definition) is 3. The minimum absolute atomic E-state index is 0.292. The van der Waals surface area contributed by atoms with Crippen molar-refractivity contribution in [2.24, 2.45) is 0 Å². The molecule has 0 saturated carbocycles. The first-order chi connectivity index (χ1) is 11.2. The van der Waals surface area contributed by atoms with E-state index in [1.165, 1.54) is 18.9 Å². The number of unbranched alkanes of at least 4 members (excludes halogenated alkanes) is 3. The topological polar surface area (TPSA) is 53.6 Å². The highest BCUT2D eigenvalue weighted by molar-refractivity contribution is 5.89. The molecule has 23 heavy (non-hydrogen) atoms. The van der Waals surface area contributed by atoms with E-state index in [9.17, 15) is 9.18 Å². The lowest BCUT2D eigenvalue weighted by Gasteiger charge is -2.29. The molecule has 0 aromatic heterocycles. The second-order valence-corrected chi connectivity index (χ2v) is 5.71. The Morgan fingerprint density at radius 1 is 1.26 bits per heavy atom. The van der Waals surface area contributed by atoms with Gasteiger partial charge in [-0.3, -0.25) is 0 Å². The molecule has 1 aromatic carbocycles. The molecule has 2 N–H and O–H groups in total. The van der Waals surface area contributed by atoms with Crippen molar-refractivity contribution in [2.75, 3.05) is 43.1 Å². The van der Waals surface area contributed by atoms with E-state index >= 15 is 0 Å². The van der Waals surface area contributed by atoms with E-state index < -0.39 is 0 Å². The van der Waals surface area contributed by atoms with Crippen LogP contribution in [0.5, 0.6) is 0 Å². The van der Waals surface area contributed by atoms with Gasteiger partial charge in [0.05, 0.1) is 18.9 Å². The largest absolute Gasteiger partial charge is 0.378 e. The number of carbonyl (C=O) groups excluding carboxylic acids is 1. The molecule has 1 heterocycles. The van der Waals surface area contributed by atoms with Crippen LogP contribution in [0.15, 0.2) is 18.2 Å². The first-order valence-electron chi connectivity index (χ1n) is 8.38. The number of morpholine rings is 1. The van der Waals surface area contributed by atoms with E-state index in [4.69, 9.17) is 4.74 Å². The molecular weight excluding hydrogens is 297 g/mol. The third-order valence-electron chi connectivity index (χ3n) is 3.87. The van der Waals surface area contributed by atoms with Crippen molar-refractivity contribution in [2.45, 2.75) is 32.6 Å². The van der Waals surface area contributed by atoms with Crippen LogP contribution in [0.2, 0.25) is 0 Å². The lowest BCUT2D eigenvalue weighted by molar-refractivity contribution is 0.122. The predicted octanol–water partition coefficient (Wildman–Crippen LogP) is 3.36. The van der Waals surface area contributed by atoms with E-state index in [0.29, 0.717) is 44.2 Å². The molecule has 0 spiro atoms. The van der Waals surface area contributed by atoms with Crippen molar-refractivity contribution in [1.82, 2.24) is 5.32 Å². The standard InChI is InChI=1S/C17H26FN3O2/c1-2-3-4-5-8-19-17(22)20-14-6-7-16(15(18)13-14)21-9-11-23-12-10-21/h6-7,13H,2-5,8-12H2,1H3,(H2,19,20,22). The molecule has 1 aromatic rings. The first kappa shape index (κ1) is 17.5. The van der Waals surface area contributed by atoms with Gasteiger partial charge in [-0.05, 0) is 24.6 Å². The van der Waals surface area contributed by atoms with Crippen molar-refractivity contribution in [3.05, 3.63) is 24.0 Å². The number of halogens is 1. The SMILES string of the molecule is CCCCCCNC(=O)Nc1ccc(N2CCOCC2)c(F)c1. The molecule has 0 bridgehead atoms. The van der Waals surface area contributed by atoms with Crippen molar-refractivity contribution in [3.8, 4) is 0 Å². The number of carbonyl (C=O) groups is 1. The molecule has 2 amide bonds. The number of anilines is 2. The predicted molar refractivity (Wildman–Crippen MR) is 90.6 cm³/mol. The van der Waals surface area contributed by atoms with Crippen LogP contribution >= 0.6 is 0 Å². The highest BCUT2D eigenvalue weighted by Gasteiger charge is 2.15. The molecule has 6 heteroatoms. The van der Waals surface area contributed by atoms with Gasteiger partial charge in [0, 0.05) is 25.3 Å². The van der Waals surface area contributed by atoms with Gasteiger partial charge in [0.1, 0.15) is 5.82 Å². The van der Waals surface area contributed by atoms with E-state index in [1.807, 2.05) is 4.90 Å². The number of benzene rings is 1. The van der Waals surface area contributed by atoms with Gasteiger partial charge in [0.15, 0.2) is 0 Å². The number of nitrogens with one attached hydrogen (secondary N) is 2. The maximum atomic E-state index is 14.2. The molecule has 0 unspecified atom stereocenters. The fourth-order valence-electron chi connectivity index (χ4n) is 2.57. The summed E-state index contributed by atoms with van der Waals surface area (Å²) in [6.45, 7) is 5.37. The van der Waals surface area contributed by atoms with Gasteiger partial charge in [-0.15, -0.1) is 0 Å². The molecule has 0 atom stereocenters. The Labute approximate surface area is 137 Å². The summed E-state index contributed by atoms with van der Waals surface area (Å²) in [6.07, 6.45) is 4.42. The number of hydrogen-bond donors (Lipinski definition) is 2. The Kier molecular flexibility index (Phi) is 7.13. The van der Waals surface area contributed by atoms with Gasteiger partial charge in [-0.1, -0.05) is 26.2 Å². The molecule has 0 radical (unpaired) electrons. The lowest BCUT2D eigenvalue weighted by Crippen LogP contribution is -2.36. The van der Waals surface area contributed by atoms with Crippen molar-refractivity contribution < 1.29 is 13.9 Å².